The van der Waals surface area contributed by atoms with Gasteiger partial charge in [-0.2, -0.15) is 0 Å². The minimum atomic E-state index is -0.799. The zero-order valence-electron chi connectivity index (χ0n) is 8.47. The van der Waals surface area contributed by atoms with Gasteiger partial charge < -0.3 is 7.69 Å². The van der Waals surface area contributed by atoms with E-state index in [1.165, 1.54) is 0 Å². The van der Waals surface area contributed by atoms with Gasteiger partial charge in [0.15, 0.2) is 0 Å². The van der Waals surface area contributed by atoms with E-state index in [2.05, 4.69) is 4.84 Å². The van der Waals surface area contributed by atoms with Crippen LogP contribution in [0.5, 0.6) is 0 Å². The topological polar surface area (TPSA) is 52.4 Å². The van der Waals surface area contributed by atoms with Crippen LogP contribution in [0.15, 0.2) is 30.3 Å². The Kier molecular flexibility index (Phi) is 5.40. The molecule has 0 atom stereocenters. The fourth-order valence-electron chi connectivity index (χ4n) is 0.701. The third-order valence-corrected chi connectivity index (χ3v) is 1.18. The van der Waals surface area contributed by atoms with Crippen molar-refractivity contribution in [1.82, 2.24) is 0 Å². The third-order valence-electron chi connectivity index (χ3n) is 1.18. The molecule has 12 heavy (non-hydrogen) atoms. The van der Waals surface area contributed by atoms with Crippen LogP contribution in [-0.2, 0) is 11.4 Å². The average molecular weight is 179 g/mol. The smallest absolute Gasteiger partial charge is 1.00 e. The van der Waals surface area contributed by atoms with Crippen LogP contribution in [0.1, 0.15) is 8.42 Å². The van der Waals surface area contributed by atoms with Gasteiger partial charge in [-0.05, 0) is 5.56 Å². The van der Waals surface area contributed by atoms with Crippen molar-refractivity contribution in [3.63, 3.8) is 0 Å². The second-order valence-electron chi connectivity index (χ2n) is 1.98. The van der Waals surface area contributed by atoms with Gasteiger partial charge in [0, 0.05) is 0 Å². The standard InChI is InChI=1S/C7H7NO3.Mg.2H/c9-8(10)11-6-7-4-2-1-3-5-7;;;/h1-5H,6H2;;;/q;+2;2*-1. The predicted molar refractivity (Wildman–Crippen MR) is 46.2 cm³/mol. The largest absolute Gasteiger partial charge is 2.00 e. The van der Waals surface area contributed by atoms with Gasteiger partial charge in [-0.15, -0.1) is 10.1 Å². The Morgan fingerprint density at radius 1 is 1.42 bits per heavy atom. The van der Waals surface area contributed by atoms with Gasteiger partial charge >= 0.3 is 23.1 Å². The van der Waals surface area contributed by atoms with Crippen molar-refractivity contribution in [1.29, 1.82) is 0 Å². The van der Waals surface area contributed by atoms with Crippen molar-refractivity contribution in [2.45, 2.75) is 6.61 Å². The Morgan fingerprint density at radius 2 is 2.00 bits per heavy atom. The third kappa shape index (κ3) is 4.15. The second-order valence-corrected chi connectivity index (χ2v) is 1.98. The molecule has 0 fully saturated rings. The average Bonchev–Trinajstić information content (AvgIpc) is 2.03. The summed E-state index contributed by atoms with van der Waals surface area (Å²) in [5.74, 6) is 0. The van der Waals surface area contributed by atoms with Gasteiger partial charge in [-0.25, -0.2) is 0 Å². The van der Waals surface area contributed by atoms with Crippen LogP contribution in [0.3, 0.4) is 0 Å². The molecule has 0 radical (unpaired) electrons. The molecule has 0 spiro atoms. The van der Waals surface area contributed by atoms with Crippen molar-refractivity contribution in [2.75, 3.05) is 0 Å². The van der Waals surface area contributed by atoms with Crippen LogP contribution in [0, 0.1) is 10.1 Å². The zero-order valence-corrected chi connectivity index (χ0v) is 7.89. The number of benzene rings is 1. The number of hydrogen-bond acceptors (Lipinski definition) is 3. The first-order chi connectivity index (χ1) is 5.29. The van der Waals surface area contributed by atoms with E-state index in [0.717, 1.165) is 5.56 Å². The molecule has 5 heteroatoms. The second kappa shape index (κ2) is 5.79. The van der Waals surface area contributed by atoms with Crippen LogP contribution in [0.25, 0.3) is 0 Å². The first-order valence-corrected chi connectivity index (χ1v) is 3.10. The summed E-state index contributed by atoms with van der Waals surface area (Å²) in [5.41, 5.74) is 0.796. The monoisotopic (exact) mass is 179 g/mol. The molecule has 0 heterocycles. The zero-order chi connectivity index (χ0) is 8.10. The molecule has 1 aromatic rings. The van der Waals surface area contributed by atoms with E-state index >= 15 is 0 Å². The van der Waals surface area contributed by atoms with Gasteiger partial charge in [0.25, 0.3) is 5.09 Å². The van der Waals surface area contributed by atoms with E-state index < -0.39 is 5.09 Å². The Labute approximate surface area is 88.8 Å². The molecule has 1 aromatic carbocycles. The Bertz CT molecular complexity index is 248. The maximum atomic E-state index is 9.76. The predicted octanol–water partition coefficient (Wildman–Crippen LogP) is 1.24. The number of rotatable bonds is 3. The first kappa shape index (κ1) is 11.2. The molecular weight excluding hydrogens is 170 g/mol. The van der Waals surface area contributed by atoms with Gasteiger partial charge in [-0.1, -0.05) is 30.3 Å². The molecular formula is C7H9MgNO3. The molecule has 0 saturated heterocycles. The quantitative estimate of drug-likeness (QED) is 0.398. The van der Waals surface area contributed by atoms with Crippen molar-refractivity contribution in [2.24, 2.45) is 0 Å². The van der Waals surface area contributed by atoms with Crippen LogP contribution in [0.2, 0.25) is 0 Å². The molecule has 0 bridgehead atoms. The normalized spacial score (nSPS) is 8.33. The summed E-state index contributed by atoms with van der Waals surface area (Å²) in [7, 11) is 0. The van der Waals surface area contributed by atoms with E-state index in [9.17, 15) is 10.1 Å². The van der Waals surface area contributed by atoms with Gasteiger partial charge in [0.1, 0.15) is 6.61 Å². The number of nitrogens with zero attached hydrogens (tertiary/aromatic N) is 1. The van der Waals surface area contributed by atoms with Gasteiger partial charge in [0.05, 0.1) is 0 Å². The molecule has 4 nitrogen and oxygen atoms in total. The molecule has 0 aliphatic carbocycles. The maximum absolute atomic E-state index is 9.76. The van der Waals surface area contributed by atoms with E-state index in [1.54, 1.807) is 24.3 Å². The molecule has 0 aliphatic heterocycles. The molecule has 0 N–H and O–H groups in total. The van der Waals surface area contributed by atoms with Crippen molar-refractivity contribution >= 4 is 23.1 Å². The molecule has 0 aromatic heterocycles. The summed E-state index contributed by atoms with van der Waals surface area (Å²) in [6.07, 6.45) is 0. The summed E-state index contributed by atoms with van der Waals surface area (Å²) in [5, 5.41) is 8.96. The number of hydrogen-bond donors (Lipinski definition) is 0. The van der Waals surface area contributed by atoms with Crippen LogP contribution in [-0.4, -0.2) is 28.1 Å². The van der Waals surface area contributed by atoms with Crippen LogP contribution >= 0.6 is 0 Å². The summed E-state index contributed by atoms with van der Waals surface area (Å²) < 4.78 is 0. The molecule has 0 aliphatic rings. The van der Waals surface area contributed by atoms with Gasteiger partial charge in [0.2, 0.25) is 0 Å². The Morgan fingerprint density at radius 3 is 2.50 bits per heavy atom. The molecule has 0 unspecified atom stereocenters. The van der Waals surface area contributed by atoms with Crippen LogP contribution < -0.4 is 0 Å². The van der Waals surface area contributed by atoms with Crippen LogP contribution in [0.4, 0.5) is 0 Å². The van der Waals surface area contributed by atoms with E-state index in [0.29, 0.717) is 0 Å². The fourth-order valence-corrected chi connectivity index (χ4v) is 0.701. The summed E-state index contributed by atoms with van der Waals surface area (Å²) in [6, 6.07) is 8.99. The van der Waals surface area contributed by atoms with E-state index in [1.807, 2.05) is 6.07 Å². The minimum absolute atomic E-state index is 0. The molecule has 1 rings (SSSR count). The molecule has 62 valence electrons. The summed E-state index contributed by atoms with van der Waals surface area (Å²) in [6.45, 7) is 0.0217. The first-order valence-electron chi connectivity index (χ1n) is 3.10. The van der Waals surface area contributed by atoms with Gasteiger partial charge in [-0.3, -0.25) is 0 Å². The van der Waals surface area contributed by atoms with Crippen molar-refractivity contribution in [3.8, 4) is 0 Å². The molecule has 0 amide bonds. The van der Waals surface area contributed by atoms with E-state index in [-0.39, 0.29) is 32.5 Å². The molecule has 0 saturated carbocycles. The summed E-state index contributed by atoms with van der Waals surface area (Å²) in [4.78, 5) is 13.9. The van der Waals surface area contributed by atoms with Crippen molar-refractivity contribution in [3.05, 3.63) is 46.0 Å². The fraction of sp³-hybridized carbons (Fsp3) is 0.143. The Balaban J connectivity index is -0.000000403. The Hall–Kier alpha value is -0.814. The van der Waals surface area contributed by atoms with Crippen molar-refractivity contribution < 1.29 is 12.8 Å². The maximum Gasteiger partial charge on any atom is 2.00 e. The minimum Gasteiger partial charge on any atom is -1.00 e. The van der Waals surface area contributed by atoms with E-state index in [4.69, 9.17) is 0 Å². The summed E-state index contributed by atoms with van der Waals surface area (Å²) >= 11 is 0. The SMILES string of the molecule is O=[N+]([O-])OCc1ccccc1.[H-].[H-].[Mg+2].